The van der Waals surface area contributed by atoms with Crippen LogP contribution < -0.4 is 0 Å². The summed E-state index contributed by atoms with van der Waals surface area (Å²) in [5.74, 6) is 1.01. The molecular weight excluding hydrogens is 216 g/mol. The Balaban J connectivity index is 2.01. The molecule has 62 valence electrons. The average Bonchev–Trinajstić information content (AvgIpc) is 1.79. The SMILES string of the molecule is Brc1nccc(C23CC(C2)C3)n1. The highest BCUT2D eigenvalue weighted by Crippen LogP contribution is 2.64. The molecule has 1 heterocycles. The van der Waals surface area contributed by atoms with Gasteiger partial charge in [0.15, 0.2) is 4.73 Å². The largest absolute Gasteiger partial charge is 0.231 e. The number of aromatic nitrogens is 2. The summed E-state index contributed by atoms with van der Waals surface area (Å²) in [6.07, 6.45) is 5.91. The van der Waals surface area contributed by atoms with E-state index in [2.05, 4.69) is 32.0 Å². The van der Waals surface area contributed by atoms with E-state index in [4.69, 9.17) is 0 Å². The van der Waals surface area contributed by atoms with Crippen molar-refractivity contribution in [2.75, 3.05) is 0 Å². The molecule has 0 amide bonds. The molecule has 0 N–H and O–H groups in total. The van der Waals surface area contributed by atoms with Crippen LogP contribution in [0.5, 0.6) is 0 Å². The predicted molar refractivity (Wildman–Crippen MR) is 48.8 cm³/mol. The molecular formula is C9H9BrN2. The molecule has 1 aromatic heterocycles. The van der Waals surface area contributed by atoms with Crippen molar-refractivity contribution in [3.05, 3.63) is 22.7 Å². The summed E-state index contributed by atoms with van der Waals surface area (Å²) in [5.41, 5.74) is 1.71. The highest BCUT2D eigenvalue weighted by atomic mass is 79.9. The number of nitrogens with zero attached hydrogens (tertiary/aromatic N) is 2. The molecule has 12 heavy (non-hydrogen) atoms. The molecule has 3 aliphatic carbocycles. The van der Waals surface area contributed by atoms with Gasteiger partial charge in [-0.05, 0) is 47.2 Å². The van der Waals surface area contributed by atoms with Gasteiger partial charge in [0.2, 0.25) is 0 Å². The topological polar surface area (TPSA) is 25.8 Å². The molecule has 3 saturated carbocycles. The molecule has 0 aromatic carbocycles. The average molecular weight is 225 g/mol. The fourth-order valence-electron chi connectivity index (χ4n) is 2.42. The highest BCUT2D eigenvalue weighted by molar-refractivity contribution is 9.10. The first-order valence-corrected chi connectivity index (χ1v) is 5.07. The summed E-state index contributed by atoms with van der Waals surface area (Å²) in [7, 11) is 0. The van der Waals surface area contributed by atoms with Crippen molar-refractivity contribution in [1.29, 1.82) is 0 Å². The van der Waals surface area contributed by atoms with Gasteiger partial charge in [-0.1, -0.05) is 0 Å². The second kappa shape index (κ2) is 2.08. The van der Waals surface area contributed by atoms with Gasteiger partial charge in [0.25, 0.3) is 0 Å². The van der Waals surface area contributed by atoms with Gasteiger partial charge in [-0.2, -0.15) is 0 Å². The van der Waals surface area contributed by atoms with Crippen LogP contribution in [0.25, 0.3) is 0 Å². The van der Waals surface area contributed by atoms with Crippen LogP contribution in [-0.2, 0) is 5.41 Å². The van der Waals surface area contributed by atoms with E-state index in [1.54, 1.807) is 0 Å². The molecule has 0 spiro atoms. The minimum Gasteiger partial charge on any atom is -0.231 e. The van der Waals surface area contributed by atoms with Crippen LogP contribution >= 0.6 is 15.9 Å². The van der Waals surface area contributed by atoms with E-state index in [1.807, 2.05) is 6.20 Å². The molecule has 0 unspecified atom stereocenters. The summed E-state index contributed by atoms with van der Waals surface area (Å²) in [4.78, 5) is 8.44. The Morgan fingerprint density at radius 3 is 2.67 bits per heavy atom. The van der Waals surface area contributed by atoms with Crippen LogP contribution in [0.3, 0.4) is 0 Å². The summed E-state index contributed by atoms with van der Waals surface area (Å²) in [6.45, 7) is 0. The van der Waals surface area contributed by atoms with Gasteiger partial charge < -0.3 is 0 Å². The van der Waals surface area contributed by atoms with Crippen LogP contribution in [-0.4, -0.2) is 9.97 Å². The lowest BCUT2D eigenvalue weighted by Crippen LogP contribution is -2.55. The van der Waals surface area contributed by atoms with Crippen molar-refractivity contribution >= 4 is 15.9 Å². The lowest BCUT2D eigenvalue weighted by atomic mass is 9.43. The first kappa shape index (κ1) is 7.01. The highest BCUT2D eigenvalue weighted by Gasteiger charge is 2.58. The van der Waals surface area contributed by atoms with Gasteiger partial charge in [0.05, 0.1) is 5.69 Å². The Kier molecular flexibility index (Phi) is 1.21. The van der Waals surface area contributed by atoms with Gasteiger partial charge in [-0.3, -0.25) is 0 Å². The quantitative estimate of drug-likeness (QED) is 0.685. The summed E-state index contributed by atoms with van der Waals surface area (Å²) >= 11 is 3.30. The van der Waals surface area contributed by atoms with Gasteiger partial charge in [0.1, 0.15) is 0 Å². The smallest absolute Gasteiger partial charge is 0.196 e. The fourth-order valence-corrected chi connectivity index (χ4v) is 2.73. The van der Waals surface area contributed by atoms with Crippen LogP contribution in [0.4, 0.5) is 0 Å². The first-order chi connectivity index (χ1) is 5.78. The zero-order valence-electron chi connectivity index (χ0n) is 6.63. The molecule has 0 radical (unpaired) electrons. The van der Waals surface area contributed by atoms with Crippen LogP contribution in [0.2, 0.25) is 0 Å². The Hall–Kier alpha value is -0.440. The van der Waals surface area contributed by atoms with Crippen LogP contribution in [0, 0.1) is 5.92 Å². The van der Waals surface area contributed by atoms with Crippen molar-refractivity contribution in [3.8, 4) is 0 Å². The van der Waals surface area contributed by atoms with E-state index in [9.17, 15) is 0 Å². The lowest BCUT2D eigenvalue weighted by molar-refractivity contribution is -0.0311. The monoisotopic (exact) mass is 224 g/mol. The lowest BCUT2D eigenvalue weighted by Gasteiger charge is -2.61. The maximum Gasteiger partial charge on any atom is 0.196 e. The molecule has 0 atom stereocenters. The molecule has 3 heteroatoms. The Morgan fingerprint density at radius 2 is 2.17 bits per heavy atom. The van der Waals surface area contributed by atoms with Gasteiger partial charge in [-0.15, -0.1) is 0 Å². The van der Waals surface area contributed by atoms with Crippen molar-refractivity contribution in [2.45, 2.75) is 24.7 Å². The second-order valence-corrected chi connectivity index (χ2v) is 4.68. The third-order valence-corrected chi connectivity index (χ3v) is 3.59. The van der Waals surface area contributed by atoms with E-state index >= 15 is 0 Å². The minimum atomic E-state index is 0.468. The predicted octanol–water partition coefficient (Wildman–Crippen LogP) is 2.29. The van der Waals surface area contributed by atoms with Crippen LogP contribution in [0.1, 0.15) is 25.0 Å². The molecule has 0 saturated heterocycles. The summed E-state index contributed by atoms with van der Waals surface area (Å²) in [5, 5.41) is 0. The van der Waals surface area contributed by atoms with Gasteiger partial charge in [0, 0.05) is 11.6 Å². The molecule has 0 aliphatic heterocycles. The Labute approximate surface area is 79.6 Å². The Bertz CT molecular complexity index is 320. The van der Waals surface area contributed by atoms with Crippen molar-refractivity contribution < 1.29 is 0 Å². The maximum absolute atomic E-state index is 4.41. The Morgan fingerprint density at radius 1 is 1.42 bits per heavy atom. The van der Waals surface area contributed by atoms with Crippen molar-refractivity contribution in [1.82, 2.24) is 9.97 Å². The normalized spacial score (nSPS) is 36.9. The van der Waals surface area contributed by atoms with Crippen molar-refractivity contribution in [2.24, 2.45) is 5.92 Å². The third kappa shape index (κ3) is 0.750. The summed E-state index contributed by atoms with van der Waals surface area (Å²) < 4.78 is 0.727. The second-order valence-electron chi connectivity index (χ2n) is 3.97. The minimum absolute atomic E-state index is 0.468. The summed E-state index contributed by atoms with van der Waals surface area (Å²) in [6, 6.07) is 2.06. The van der Waals surface area contributed by atoms with Crippen LogP contribution in [0.15, 0.2) is 17.0 Å². The van der Waals surface area contributed by atoms with Gasteiger partial charge in [-0.25, -0.2) is 9.97 Å². The van der Waals surface area contributed by atoms with E-state index in [0.717, 1.165) is 10.7 Å². The number of halogens is 1. The molecule has 1 aromatic rings. The molecule has 3 aliphatic rings. The molecule has 3 fully saturated rings. The van der Waals surface area contributed by atoms with E-state index < -0.39 is 0 Å². The van der Waals surface area contributed by atoms with E-state index in [1.165, 1.54) is 25.0 Å². The zero-order valence-corrected chi connectivity index (χ0v) is 8.21. The molecule has 2 nitrogen and oxygen atoms in total. The van der Waals surface area contributed by atoms with Crippen molar-refractivity contribution in [3.63, 3.8) is 0 Å². The van der Waals surface area contributed by atoms with E-state index in [0.29, 0.717) is 5.41 Å². The number of rotatable bonds is 1. The number of hydrogen-bond donors (Lipinski definition) is 0. The maximum atomic E-state index is 4.41. The standard InChI is InChI=1S/C9H9BrN2/c10-8-11-2-1-7(12-8)9-3-6(4-9)5-9/h1-2,6H,3-5H2. The van der Waals surface area contributed by atoms with Gasteiger partial charge >= 0.3 is 0 Å². The fraction of sp³-hybridized carbons (Fsp3) is 0.556. The zero-order chi connectivity index (χ0) is 8.18. The number of hydrogen-bond acceptors (Lipinski definition) is 2. The third-order valence-electron chi connectivity index (χ3n) is 3.21. The van der Waals surface area contributed by atoms with E-state index in [-0.39, 0.29) is 0 Å². The molecule has 4 rings (SSSR count). The first-order valence-electron chi connectivity index (χ1n) is 4.28. The molecule has 2 bridgehead atoms.